The molecule has 22 heavy (non-hydrogen) atoms. The highest BCUT2D eigenvalue weighted by Crippen LogP contribution is 2.32. The fraction of sp³-hybridized carbons (Fsp3) is 0.467. The summed E-state index contributed by atoms with van der Waals surface area (Å²) in [6.07, 6.45) is 0.491. The van der Waals surface area contributed by atoms with Crippen LogP contribution < -0.4 is 0 Å². The van der Waals surface area contributed by atoms with E-state index in [1.807, 2.05) is 4.90 Å². The summed E-state index contributed by atoms with van der Waals surface area (Å²) in [4.78, 5) is 6.14. The zero-order valence-corrected chi connectivity index (χ0v) is 12.2. The van der Waals surface area contributed by atoms with Gasteiger partial charge >= 0.3 is 0 Å². The van der Waals surface area contributed by atoms with E-state index in [1.165, 1.54) is 6.07 Å². The molecule has 1 aliphatic rings. The van der Waals surface area contributed by atoms with Crippen molar-refractivity contribution in [2.24, 2.45) is 0 Å². The maximum absolute atomic E-state index is 13.7. The third kappa shape index (κ3) is 2.86. The van der Waals surface area contributed by atoms with E-state index < -0.39 is 17.7 Å². The molecule has 2 atom stereocenters. The van der Waals surface area contributed by atoms with Crippen molar-refractivity contribution < 1.29 is 18.4 Å². The molecular formula is C15H17F2N3O2. The fourth-order valence-electron chi connectivity index (χ4n) is 2.93. The minimum Gasteiger partial charge on any atom is -0.387 e. The lowest BCUT2D eigenvalue weighted by molar-refractivity contribution is 0.0976. The van der Waals surface area contributed by atoms with Gasteiger partial charge in [-0.25, -0.2) is 8.78 Å². The van der Waals surface area contributed by atoms with Gasteiger partial charge in [-0.2, -0.15) is 4.98 Å². The minimum atomic E-state index is -1.24. The molecule has 0 radical (unpaired) electrons. The van der Waals surface area contributed by atoms with Crippen LogP contribution >= 0.6 is 0 Å². The summed E-state index contributed by atoms with van der Waals surface area (Å²) in [6.45, 7) is 2.54. The molecule has 1 N–H and O–H groups in total. The highest BCUT2D eigenvalue weighted by molar-refractivity contribution is 5.22. The first-order valence-corrected chi connectivity index (χ1v) is 7.22. The van der Waals surface area contributed by atoms with E-state index in [0.29, 0.717) is 18.3 Å². The average molecular weight is 309 g/mol. The topological polar surface area (TPSA) is 62.4 Å². The Balaban J connectivity index is 1.77. The Labute approximate surface area is 126 Å². The lowest BCUT2D eigenvalue weighted by Gasteiger charge is -2.25. The van der Waals surface area contributed by atoms with Crippen molar-refractivity contribution in [3.05, 3.63) is 47.1 Å². The smallest absolute Gasteiger partial charge is 0.223 e. The molecule has 2 heterocycles. The van der Waals surface area contributed by atoms with E-state index in [2.05, 4.69) is 10.1 Å². The van der Waals surface area contributed by atoms with Crippen molar-refractivity contribution in [3.63, 3.8) is 0 Å². The summed E-state index contributed by atoms with van der Waals surface area (Å²) >= 11 is 0. The molecule has 0 saturated carbocycles. The Morgan fingerprint density at radius 1 is 1.41 bits per heavy atom. The number of rotatable bonds is 4. The van der Waals surface area contributed by atoms with E-state index in [-0.39, 0.29) is 18.2 Å². The molecule has 0 unspecified atom stereocenters. The van der Waals surface area contributed by atoms with Crippen molar-refractivity contribution in [1.82, 2.24) is 15.0 Å². The number of benzene rings is 1. The van der Waals surface area contributed by atoms with E-state index in [4.69, 9.17) is 4.52 Å². The average Bonchev–Trinajstić information content (AvgIpc) is 3.07. The van der Waals surface area contributed by atoms with Gasteiger partial charge in [-0.05, 0) is 31.5 Å². The molecule has 1 aromatic carbocycles. The maximum atomic E-state index is 13.7. The summed E-state index contributed by atoms with van der Waals surface area (Å²) in [6, 6.07) is 3.47. The van der Waals surface area contributed by atoms with Crippen LogP contribution in [0.1, 0.15) is 42.3 Å². The van der Waals surface area contributed by atoms with Gasteiger partial charge in [-0.15, -0.1) is 0 Å². The van der Waals surface area contributed by atoms with Gasteiger partial charge in [-0.1, -0.05) is 11.2 Å². The van der Waals surface area contributed by atoms with Crippen LogP contribution in [0.3, 0.4) is 0 Å². The molecule has 0 aliphatic carbocycles. The van der Waals surface area contributed by atoms with Gasteiger partial charge in [0.05, 0.1) is 17.7 Å². The number of likely N-dealkylation sites (tertiary alicyclic amines) is 1. The number of hydrogen-bond donors (Lipinski definition) is 1. The first-order valence-electron chi connectivity index (χ1n) is 7.22. The predicted molar refractivity (Wildman–Crippen MR) is 73.9 cm³/mol. The largest absolute Gasteiger partial charge is 0.387 e. The molecule has 0 spiro atoms. The van der Waals surface area contributed by atoms with Gasteiger partial charge in [0.2, 0.25) is 5.89 Å². The van der Waals surface area contributed by atoms with Crippen LogP contribution in [0.5, 0.6) is 0 Å². The molecule has 2 aromatic rings. The van der Waals surface area contributed by atoms with Gasteiger partial charge in [0.1, 0.15) is 11.6 Å². The number of hydrogen-bond acceptors (Lipinski definition) is 5. The first kappa shape index (κ1) is 15.1. The molecule has 1 aliphatic heterocycles. The van der Waals surface area contributed by atoms with Gasteiger partial charge in [0.25, 0.3) is 0 Å². The lowest BCUT2D eigenvalue weighted by atomic mass is 10.1. The summed E-state index contributed by atoms with van der Waals surface area (Å²) in [5, 5.41) is 14.1. The molecule has 0 amide bonds. The highest BCUT2D eigenvalue weighted by Gasteiger charge is 2.32. The minimum absolute atomic E-state index is 0.0954. The number of aromatic nitrogens is 2. The second-order valence-corrected chi connectivity index (χ2v) is 5.48. The van der Waals surface area contributed by atoms with Gasteiger partial charge in [0.15, 0.2) is 5.82 Å². The number of nitrogens with zero attached hydrogens (tertiary/aromatic N) is 3. The Morgan fingerprint density at radius 3 is 2.77 bits per heavy atom. The summed E-state index contributed by atoms with van der Waals surface area (Å²) in [5.74, 6) is -0.448. The third-order valence-electron chi connectivity index (χ3n) is 3.95. The van der Waals surface area contributed by atoms with Crippen LogP contribution in [0.2, 0.25) is 0 Å². The number of aliphatic hydroxyl groups is 1. The van der Waals surface area contributed by atoms with Crippen molar-refractivity contribution >= 4 is 0 Å². The summed E-state index contributed by atoms with van der Waals surface area (Å²) in [5.41, 5.74) is -0.294. The molecule has 7 heteroatoms. The second kappa shape index (κ2) is 6.10. The van der Waals surface area contributed by atoms with Crippen molar-refractivity contribution in [1.29, 1.82) is 0 Å². The van der Waals surface area contributed by atoms with E-state index in [1.54, 1.807) is 6.92 Å². The van der Waals surface area contributed by atoms with Crippen molar-refractivity contribution in [3.8, 4) is 0 Å². The lowest BCUT2D eigenvalue weighted by Crippen LogP contribution is -2.29. The van der Waals surface area contributed by atoms with Gasteiger partial charge in [0, 0.05) is 13.5 Å². The van der Waals surface area contributed by atoms with Crippen LogP contribution in [0, 0.1) is 18.6 Å². The monoisotopic (exact) mass is 309 g/mol. The Hall–Kier alpha value is -1.86. The molecular weight excluding hydrogens is 292 g/mol. The summed E-state index contributed by atoms with van der Waals surface area (Å²) in [7, 11) is 0. The molecule has 1 fully saturated rings. The molecule has 1 aromatic heterocycles. The molecule has 3 rings (SSSR count). The summed E-state index contributed by atoms with van der Waals surface area (Å²) < 4.78 is 32.5. The molecule has 0 bridgehead atoms. The zero-order chi connectivity index (χ0) is 15.7. The second-order valence-electron chi connectivity index (χ2n) is 5.48. The first-order chi connectivity index (χ1) is 10.6. The van der Waals surface area contributed by atoms with E-state index in [9.17, 15) is 13.9 Å². The van der Waals surface area contributed by atoms with Gasteiger partial charge < -0.3 is 9.63 Å². The number of halogens is 2. The zero-order valence-electron chi connectivity index (χ0n) is 12.2. The number of β-amino-alcohol motifs (C(OH)–C–C–N with tert-alkyl or cyclic N) is 1. The SMILES string of the molecule is Cc1nc([C@H]2CCCN2C[C@H](O)c2c(F)cccc2F)no1. The van der Waals surface area contributed by atoms with Gasteiger partial charge in [-0.3, -0.25) is 4.90 Å². The van der Waals surface area contributed by atoms with E-state index >= 15 is 0 Å². The van der Waals surface area contributed by atoms with Crippen molar-refractivity contribution in [2.75, 3.05) is 13.1 Å². The number of aliphatic hydroxyl groups excluding tert-OH is 1. The molecule has 118 valence electrons. The van der Waals surface area contributed by atoms with Crippen molar-refractivity contribution in [2.45, 2.75) is 31.9 Å². The predicted octanol–water partition coefficient (Wildman–Crippen LogP) is 2.53. The van der Waals surface area contributed by atoms with Crippen LogP contribution in [0.15, 0.2) is 22.7 Å². The van der Waals surface area contributed by atoms with E-state index in [0.717, 1.165) is 25.0 Å². The Bertz CT molecular complexity index is 642. The number of aryl methyl sites for hydroxylation is 1. The Kier molecular flexibility index (Phi) is 4.17. The third-order valence-corrected chi connectivity index (χ3v) is 3.95. The molecule has 5 nitrogen and oxygen atoms in total. The molecule has 1 saturated heterocycles. The quantitative estimate of drug-likeness (QED) is 0.940. The normalized spacial score (nSPS) is 20.5. The maximum Gasteiger partial charge on any atom is 0.223 e. The van der Waals surface area contributed by atoms with Crippen LogP contribution in [-0.2, 0) is 0 Å². The van der Waals surface area contributed by atoms with Crippen LogP contribution in [0.4, 0.5) is 8.78 Å². The highest BCUT2D eigenvalue weighted by atomic mass is 19.1. The van der Waals surface area contributed by atoms with Crippen LogP contribution in [-0.4, -0.2) is 33.2 Å². The standard InChI is InChI=1S/C15H17F2N3O2/c1-9-18-15(19-22-9)12-6-3-7-20(12)8-13(21)14-10(16)4-2-5-11(14)17/h2,4-5,12-13,21H,3,6-8H2,1H3/t12-,13+/m1/s1. The Morgan fingerprint density at radius 2 is 2.14 bits per heavy atom. The van der Waals surface area contributed by atoms with Crippen LogP contribution in [0.25, 0.3) is 0 Å². The fourth-order valence-corrected chi connectivity index (χ4v) is 2.93.